The van der Waals surface area contributed by atoms with Crippen molar-refractivity contribution in [3.05, 3.63) is 64.0 Å². The smallest absolute Gasteiger partial charge is 0.355 e. The number of hydrogen-bond donors (Lipinski definition) is 2. The van der Waals surface area contributed by atoms with Crippen molar-refractivity contribution >= 4 is 28.3 Å². The summed E-state index contributed by atoms with van der Waals surface area (Å²) in [7, 11) is 0. The predicted octanol–water partition coefficient (Wildman–Crippen LogP) is 4.84. The van der Waals surface area contributed by atoms with Gasteiger partial charge in [-0.2, -0.15) is 4.98 Å². The van der Waals surface area contributed by atoms with Crippen molar-refractivity contribution in [3.63, 3.8) is 0 Å². The van der Waals surface area contributed by atoms with Gasteiger partial charge in [-0.25, -0.2) is 18.7 Å². The number of anilines is 1. The van der Waals surface area contributed by atoms with E-state index < -0.39 is 23.1 Å². The molecule has 3 aromatic rings. The third-order valence-electron chi connectivity index (χ3n) is 7.89. The van der Waals surface area contributed by atoms with E-state index in [1.54, 1.807) is 31.3 Å². The molecule has 2 unspecified atom stereocenters. The fourth-order valence-corrected chi connectivity index (χ4v) is 5.39. The lowest BCUT2D eigenvalue weighted by Gasteiger charge is -2.41. The highest BCUT2D eigenvalue weighted by atomic mass is 19.1. The van der Waals surface area contributed by atoms with Crippen molar-refractivity contribution in [3.8, 4) is 17.0 Å². The lowest BCUT2D eigenvalue weighted by atomic mass is 9.80. The first-order valence-electron chi connectivity index (χ1n) is 14.1. The number of fused-ring (bicyclic) bond motifs is 4. The summed E-state index contributed by atoms with van der Waals surface area (Å²) < 4.78 is 28.9. The highest BCUT2D eigenvalue weighted by Gasteiger charge is 2.41. The Balaban J connectivity index is 1.99. The van der Waals surface area contributed by atoms with Gasteiger partial charge < -0.3 is 20.1 Å². The van der Waals surface area contributed by atoms with Crippen molar-refractivity contribution < 1.29 is 18.7 Å². The highest BCUT2D eigenvalue weighted by molar-refractivity contribution is 6.08. The van der Waals surface area contributed by atoms with Crippen LogP contribution in [0.3, 0.4) is 0 Å². The Morgan fingerprint density at radius 3 is 2.76 bits per heavy atom. The predicted molar refractivity (Wildman–Crippen MR) is 157 cm³/mol. The van der Waals surface area contributed by atoms with E-state index in [0.29, 0.717) is 40.3 Å². The number of ketones is 1. The summed E-state index contributed by atoms with van der Waals surface area (Å²) in [6, 6.07) is 6.38. The third-order valence-corrected chi connectivity index (χ3v) is 7.89. The number of carbonyl (C=O) groups excluding carboxylic acids is 1. The van der Waals surface area contributed by atoms with Gasteiger partial charge in [0, 0.05) is 18.7 Å². The van der Waals surface area contributed by atoms with E-state index in [2.05, 4.69) is 15.6 Å². The van der Waals surface area contributed by atoms with Gasteiger partial charge in [0.1, 0.15) is 24.0 Å². The molecule has 2 aliphatic rings. The van der Waals surface area contributed by atoms with Crippen LogP contribution in [-0.4, -0.2) is 51.7 Å². The van der Waals surface area contributed by atoms with Gasteiger partial charge >= 0.3 is 5.69 Å². The number of pyridine rings is 1. The maximum Gasteiger partial charge on any atom is 0.355 e. The monoisotopic (exact) mass is 561 g/mol. The number of Topliss-reactive ketones (excluding diaryl/α,β-unsaturated/α-hetero) is 1. The zero-order chi connectivity index (χ0) is 29.5. The molecule has 2 aromatic heterocycles. The van der Waals surface area contributed by atoms with Gasteiger partial charge in [-0.05, 0) is 69.1 Å². The normalized spacial score (nSPS) is 20.3. The lowest BCUT2D eigenvalue weighted by molar-refractivity contribution is -0.128. The molecule has 1 aromatic carbocycles. The molecule has 0 saturated heterocycles. The molecule has 4 heterocycles. The van der Waals surface area contributed by atoms with Crippen LogP contribution >= 0.6 is 0 Å². The van der Waals surface area contributed by atoms with Crippen molar-refractivity contribution in [2.75, 3.05) is 25.1 Å². The molecule has 0 fully saturated rings. The Morgan fingerprint density at radius 1 is 1.27 bits per heavy atom. The Hall–Kier alpha value is -4.05. The van der Waals surface area contributed by atoms with Crippen LogP contribution in [0.25, 0.3) is 28.0 Å². The number of ether oxygens (including phenoxy) is 2. The summed E-state index contributed by atoms with van der Waals surface area (Å²) in [5, 5.41) is 7.21. The molecule has 2 aliphatic heterocycles. The quantitative estimate of drug-likeness (QED) is 0.441. The first-order valence-corrected chi connectivity index (χ1v) is 14.1. The maximum atomic E-state index is 15.5. The third kappa shape index (κ3) is 4.80. The van der Waals surface area contributed by atoms with E-state index in [1.165, 1.54) is 10.6 Å². The average Bonchev–Trinajstić information content (AvgIpc) is 2.93. The number of nitrogens with zero attached hydrogens (tertiary/aromatic N) is 3. The lowest BCUT2D eigenvalue weighted by Crippen LogP contribution is -2.52. The minimum absolute atomic E-state index is 0.0668. The van der Waals surface area contributed by atoms with E-state index in [0.717, 1.165) is 6.42 Å². The van der Waals surface area contributed by atoms with Crippen molar-refractivity contribution in [1.82, 2.24) is 19.9 Å². The summed E-state index contributed by atoms with van der Waals surface area (Å²) >= 11 is 0. The summed E-state index contributed by atoms with van der Waals surface area (Å²) in [6.07, 6.45) is 3.19. The van der Waals surface area contributed by atoms with E-state index in [4.69, 9.17) is 14.5 Å². The van der Waals surface area contributed by atoms with E-state index in [1.807, 2.05) is 40.7 Å². The van der Waals surface area contributed by atoms with Crippen LogP contribution in [0.5, 0.6) is 5.75 Å². The Labute approximate surface area is 238 Å². The fraction of sp³-hybridized carbons (Fsp3) is 0.419. The molecule has 41 heavy (non-hydrogen) atoms. The van der Waals surface area contributed by atoms with Crippen LogP contribution in [0, 0.1) is 18.7 Å². The second-order valence-corrected chi connectivity index (χ2v) is 10.9. The van der Waals surface area contributed by atoms with Gasteiger partial charge in [0.15, 0.2) is 17.5 Å². The van der Waals surface area contributed by atoms with Crippen molar-refractivity contribution in [2.45, 2.75) is 59.6 Å². The second kappa shape index (κ2) is 11.1. The molecule has 10 heteroatoms. The summed E-state index contributed by atoms with van der Waals surface area (Å²) in [4.78, 5) is 37.6. The Kier molecular flexibility index (Phi) is 7.70. The standard InChI is InChI=1S/C31H36FN5O4/c1-7-13-33-28-20-15-18(5)25-24-21(32)10-9-11-22(24)41-16-23(40-8-2)26(38)19-12-14-34-31(6,17(3)4)27(19)37(29(20)35-25)30(39)36-28/h9-12,14-15,17,23,34H,7-8,13,16H2,1-6H3,(H,33,36,39). The van der Waals surface area contributed by atoms with Gasteiger partial charge in [0.25, 0.3) is 0 Å². The van der Waals surface area contributed by atoms with Gasteiger partial charge in [-0.3, -0.25) is 4.79 Å². The minimum Gasteiger partial charge on any atom is -0.490 e. The molecule has 0 saturated carbocycles. The molecule has 2 N–H and O–H groups in total. The fourth-order valence-electron chi connectivity index (χ4n) is 5.39. The molecule has 2 atom stereocenters. The van der Waals surface area contributed by atoms with Gasteiger partial charge in [0.2, 0.25) is 0 Å². The number of hydrogen-bond acceptors (Lipinski definition) is 8. The molecule has 9 nitrogen and oxygen atoms in total. The topological polar surface area (TPSA) is 107 Å². The number of allylic oxidation sites excluding steroid dienone is 1. The first-order chi connectivity index (χ1) is 19.6. The van der Waals surface area contributed by atoms with Crippen LogP contribution in [-0.2, 0) is 9.53 Å². The number of aryl methyl sites for hydroxylation is 1. The van der Waals surface area contributed by atoms with Crippen molar-refractivity contribution in [1.29, 1.82) is 0 Å². The Bertz CT molecular complexity index is 1640. The van der Waals surface area contributed by atoms with Crippen LogP contribution in [0.15, 0.2) is 46.9 Å². The number of carbonyl (C=O) groups is 1. The van der Waals surface area contributed by atoms with Crippen LogP contribution < -0.4 is 21.1 Å². The van der Waals surface area contributed by atoms with Gasteiger partial charge in [-0.15, -0.1) is 0 Å². The molecule has 5 rings (SSSR count). The van der Waals surface area contributed by atoms with Gasteiger partial charge in [-0.1, -0.05) is 26.8 Å². The first kappa shape index (κ1) is 28.5. The molecule has 2 bridgehead atoms. The molecule has 216 valence electrons. The molecule has 0 amide bonds. The summed E-state index contributed by atoms with van der Waals surface area (Å²) in [5.41, 5.74) is 0.658. The van der Waals surface area contributed by atoms with Gasteiger partial charge in [0.05, 0.1) is 27.9 Å². The molecule has 0 spiro atoms. The SMILES string of the molecule is CCCNc1nc(=O)n2c3nc(c(C)cc13)-c1c(F)cccc1OCC(OCC)C(=O)C1=C2C(C)(C(C)C)NC=C1. The number of benzene rings is 1. The van der Waals surface area contributed by atoms with Crippen LogP contribution in [0.2, 0.25) is 0 Å². The summed E-state index contributed by atoms with van der Waals surface area (Å²) in [5.74, 6) is -0.343. The van der Waals surface area contributed by atoms with Crippen molar-refractivity contribution in [2.24, 2.45) is 5.92 Å². The molecule has 0 radical (unpaired) electrons. The largest absolute Gasteiger partial charge is 0.490 e. The van der Waals surface area contributed by atoms with E-state index >= 15 is 4.39 Å². The number of dihydropyridines is 1. The second-order valence-electron chi connectivity index (χ2n) is 10.9. The van der Waals surface area contributed by atoms with E-state index in [9.17, 15) is 9.59 Å². The average molecular weight is 562 g/mol. The highest BCUT2D eigenvalue weighted by Crippen LogP contribution is 2.40. The summed E-state index contributed by atoms with van der Waals surface area (Å²) in [6.45, 7) is 12.3. The number of halogens is 1. The van der Waals surface area contributed by atoms with E-state index in [-0.39, 0.29) is 41.9 Å². The van der Waals surface area contributed by atoms with Crippen LogP contribution in [0.4, 0.5) is 10.2 Å². The molecule has 0 aliphatic carbocycles. The molecular formula is C31H36FN5O4. The number of nitrogens with one attached hydrogen (secondary N) is 2. The van der Waals surface area contributed by atoms with Crippen LogP contribution in [0.1, 0.15) is 46.6 Å². The maximum absolute atomic E-state index is 15.5. The zero-order valence-electron chi connectivity index (χ0n) is 24.3. The zero-order valence-corrected chi connectivity index (χ0v) is 24.3. The number of aromatic nitrogens is 3. The molecular weight excluding hydrogens is 525 g/mol. The minimum atomic E-state index is -1.00. The Morgan fingerprint density at radius 2 is 2.05 bits per heavy atom. The number of rotatable bonds is 6.